The number of thiocarbonyl (C=S) groups is 1. The molecule has 0 atom stereocenters. The van der Waals surface area contributed by atoms with E-state index in [0.29, 0.717) is 44.0 Å². The Balaban J connectivity index is 1.98. The maximum absolute atomic E-state index is 13.0. The van der Waals surface area contributed by atoms with Crippen LogP contribution in [0.3, 0.4) is 0 Å². The number of piperazine rings is 1. The van der Waals surface area contributed by atoms with Crippen molar-refractivity contribution >= 4 is 52.5 Å². The molecule has 3 amide bonds. The number of hydrogen-bond acceptors (Lipinski definition) is 7. The zero-order chi connectivity index (χ0) is 23.4. The molecule has 3 rings (SSSR count). The topological polar surface area (TPSA) is 116 Å². The van der Waals surface area contributed by atoms with Crippen molar-refractivity contribution in [3.63, 3.8) is 0 Å². The summed E-state index contributed by atoms with van der Waals surface area (Å²) in [6.45, 7) is 5.95. The van der Waals surface area contributed by atoms with E-state index in [9.17, 15) is 24.5 Å². The smallest absolute Gasteiger partial charge is 0.270 e. The fourth-order valence-corrected chi connectivity index (χ4v) is 3.96. The third-order valence-electron chi connectivity index (χ3n) is 5.51. The number of hydrogen-bond donors (Lipinski definition) is 1. The number of benzene rings is 1. The Morgan fingerprint density at radius 3 is 2.53 bits per heavy atom. The second kappa shape index (κ2) is 9.86. The summed E-state index contributed by atoms with van der Waals surface area (Å²) in [6.07, 6.45) is 2.95. The minimum absolute atomic E-state index is 0.0108. The van der Waals surface area contributed by atoms with Crippen molar-refractivity contribution in [1.29, 1.82) is 0 Å². The molecule has 2 aliphatic heterocycles. The summed E-state index contributed by atoms with van der Waals surface area (Å²) in [5.74, 6) is -1.17. The lowest BCUT2D eigenvalue weighted by molar-refractivity contribution is -0.384. The Kier molecular flexibility index (Phi) is 7.18. The van der Waals surface area contributed by atoms with Crippen LogP contribution in [0.4, 0.5) is 11.4 Å². The van der Waals surface area contributed by atoms with Gasteiger partial charge in [0.05, 0.1) is 4.92 Å². The molecule has 10 nitrogen and oxygen atoms in total. The molecule has 0 aromatic heterocycles. The normalized spacial score (nSPS) is 18.2. The molecule has 2 heterocycles. The van der Waals surface area contributed by atoms with Gasteiger partial charge in [0.25, 0.3) is 17.5 Å². The predicted molar refractivity (Wildman–Crippen MR) is 123 cm³/mol. The number of non-ortho nitro benzene ring substituents is 1. The number of nitro groups is 1. The number of rotatable bonds is 6. The molecule has 0 aliphatic carbocycles. The first-order valence-electron chi connectivity index (χ1n) is 10.4. The van der Waals surface area contributed by atoms with E-state index in [1.165, 1.54) is 30.0 Å². The molecule has 0 saturated carbocycles. The lowest BCUT2D eigenvalue weighted by Gasteiger charge is -2.36. The molecule has 32 heavy (non-hydrogen) atoms. The van der Waals surface area contributed by atoms with Gasteiger partial charge in [0.2, 0.25) is 5.91 Å². The van der Waals surface area contributed by atoms with Gasteiger partial charge in [-0.15, -0.1) is 0 Å². The zero-order valence-corrected chi connectivity index (χ0v) is 18.8. The van der Waals surface area contributed by atoms with E-state index in [4.69, 9.17) is 12.2 Å². The van der Waals surface area contributed by atoms with Crippen LogP contribution in [0.5, 0.6) is 0 Å². The van der Waals surface area contributed by atoms with Crippen LogP contribution in [-0.4, -0.2) is 70.3 Å². The molecule has 1 aromatic rings. The lowest BCUT2D eigenvalue weighted by atomic mass is 10.0. The lowest BCUT2D eigenvalue weighted by Crippen LogP contribution is -2.54. The molecular formula is C21H25N5O5S. The summed E-state index contributed by atoms with van der Waals surface area (Å²) in [7, 11) is 0. The number of nitrogens with zero attached hydrogens (tertiary/aromatic N) is 4. The maximum Gasteiger partial charge on any atom is 0.270 e. The van der Waals surface area contributed by atoms with Gasteiger partial charge in [0.15, 0.2) is 5.11 Å². The Morgan fingerprint density at radius 2 is 1.94 bits per heavy atom. The van der Waals surface area contributed by atoms with Crippen molar-refractivity contribution < 1.29 is 19.3 Å². The van der Waals surface area contributed by atoms with E-state index in [2.05, 4.69) is 5.32 Å². The largest absolute Gasteiger partial charge is 0.367 e. The summed E-state index contributed by atoms with van der Waals surface area (Å²) in [5.41, 5.74) is 0.765. The number of nitrogens with one attached hydrogen (secondary N) is 1. The molecule has 170 valence electrons. The molecule has 0 bridgehead atoms. The summed E-state index contributed by atoms with van der Waals surface area (Å²) >= 11 is 5.14. The summed E-state index contributed by atoms with van der Waals surface area (Å²) in [6, 6.07) is 4.35. The molecule has 11 heteroatoms. The van der Waals surface area contributed by atoms with E-state index in [-0.39, 0.29) is 22.3 Å². The quantitative estimate of drug-likeness (QED) is 0.226. The van der Waals surface area contributed by atoms with Crippen molar-refractivity contribution in [3.05, 3.63) is 39.4 Å². The van der Waals surface area contributed by atoms with Crippen molar-refractivity contribution in [1.82, 2.24) is 15.1 Å². The Morgan fingerprint density at radius 1 is 1.25 bits per heavy atom. The number of unbranched alkanes of at least 4 members (excludes halogenated alkanes) is 1. The van der Waals surface area contributed by atoms with Gasteiger partial charge in [-0.25, -0.2) is 0 Å². The molecule has 0 spiro atoms. The summed E-state index contributed by atoms with van der Waals surface area (Å²) in [4.78, 5) is 53.1. The predicted octanol–water partition coefficient (Wildman–Crippen LogP) is 1.69. The van der Waals surface area contributed by atoms with Crippen LogP contribution in [0.25, 0.3) is 6.08 Å². The van der Waals surface area contributed by atoms with Crippen molar-refractivity contribution in [3.8, 4) is 0 Å². The average molecular weight is 460 g/mol. The van der Waals surface area contributed by atoms with Gasteiger partial charge >= 0.3 is 0 Å². The minimum Gasteiger partial charge on any atom is -0.367 e. The van der Waals surface area contributed by atoms with Crippen molar-refractivity contribution in [2.45, 2.75) is 26.7 Å². The van der Waals surface area contributed by atoms with E-state index in [1.54, 1.807) is 11.0 Å². The van der Waals surface area contributed by atoms with Gasteiger partial charge in [-0.1, -0.05) is 13.3 Å². The highest BCUT2D eigenvalue weighted by atomic mass is 32.1. The first-order valence-corrected chi connectivity index (χ1v) is 10.8. The Labute approximate surface area is 191 Å². The third kappa shape index (κ3) is 4.93. The fourth-order valence-electron chi connectivity index (χ4n) is 3.69. The van der Waals surface area contributed by atoms with E-state index in [1.807, 2.05) is 11.8 Å². The third-order valence-corrected chi connectivity index (χ3v) is 5.83. The molecular weight excluding hydrogens is 434 g/mol. The second-order valence-electron chi connectivity index (χ2n) is 7.62. The zero-order valence-electron chi connectivity index (χ0n) is 18.0. The molecule has 0 unspecified atom stereocenters. The van der Waals surface area contributed by atoms with Gasteiger partial charge in [0, 0.05) is 63.0 Å². The molecule has 2 aliphatic rings. The molecule has 2 fully saturated rings. The first kappa shape index (κ1) is 23.3. The van der Waals surface area contributed by atoms with Crippen LogP contribution >= 0.6 is 12.2 Å². The fraction of sp³-hybridized carbons (Fsp3) is 0.429. The highest BCUT2D eigenvalue weighted by Crippen LogP contribution is 2.29. The second-order valence-corrected chi connectivity index (χ2v) is 8.01. The number of anilines is 1. The minimum atomic E-state index is -0.633. The van der Waals surface area contributed by atoms with Crippen LogP contribution in [0, 0.1) is 10.1 Å². The summed E-state index contributed by atoms with van der Waals surface area (Å²) < 4.78 is 0. The van der Waals surface area contributed by atoms with Crippen molar-refractivity contribution in [2.24, 2.45) is 0 Å². The molecule has 1 aromatic carbocycles. The van der Waals surface area contributed by atoms with Crippen LogP contribution in [0.1, 0.15) is 32.3 Å². The molecule has 2 saturated heterocycles. The standard InChI is InChI=1S/C21H25N5O5S/c1-3-4-7-25-20(29)17(19(28)22-21(25)32)13-15-12-16(26(30)31)5-6-18(15)24-10-8-23(9-11-24)14(2)27/h5-6,12-13H,3-4,7-11H2,1-2H3,(H,22,28,32)/b17-13-. The SMILES string of the molecule is CCCCN1C(=O)/C(=C\c2cc([N+](=O)[O-])ccc2N2CCN(C(C)=O)CC2)C(=O)NC1=S. The van der Waals surface area contributed by atoms with E-state index < -0.39 is 16.7 Å². The Hall–Kier alpha value is -3.34. The highest BCUT2D eigenvalue weighted by molar-refractivity contribution is 7.80. The van der Waals surface area contributed by atoms with Crippen LogP contribution in [0.15, 0.2) is 23.8 Å². The number of carbonyl (C=O) groups is 3. The van der Waals surface area contributed by atoms with E-state index >= 15 is 0 Å². The van der Waals surface area contributed by atoms with Gasteiger partial charge in [-0.05, 0) is 30.8 Å². The maximum atomic E-state index is 13.0. The first-order chi connectivity index (χ1) is 15.2. The number of carbonyl (C=O) groups excluding carboxylic acids is 3. The van der Waals surface area contributed by atoms with Gasteiger partial charge < -0.3 is 9.80 Å². The monoisotopic (exact) mass is 459 g/mol. The van der Waals surface area contributed by atoms with Crippen LogP contribution in [0.2, 0.25) is 0 Å². The van der Waals surface area contributed by atoms with Crippen LogP contribution in [-0.2, 0) is 14.4 Å². The Bertz CT molecular complexity index is 1000. The summed E-state index contributed by atoms with van der Waals surface area (Å²) in [5, 5.41) is 13.9. The highest BCUT2D eigenvalue weighted by Gasteiger charge is 2.33. The number of nitro benzene ring substituents is 1. The van der Waals surface area contributed by atoms with Crippen molar-refractivity contribution in [2.75, 3.05) is 37.6 Å². The average Bonchev–Trinajstić information content (AvgIpc) is 2.76. The molecule has 1 N–H and O–H groups in total. The number of amides is 3. The van der Waals surface area contributed by atoms with Gasteiger partial charge in [-0.3, -0.25) is 34.7 Å². The van der Waals surface area contributed by atoms with Crippen LogP contribution < -0.4 is 10.2 Å². The van der Waals surface area contributed by atoms with E-state index in [0.717, 1.165) is 12.8 Å². The molecule has 0 radical (unpaired) electrons. The van der Waals surface area contributed by atoms with Gasteiger partial charge in [0.1, 0.15) is 5.57 Å². The van der Waals surface area contributed by atoms with Gasteiger partial charge in [-0.2, -0.15) is 0 Å².